The molecule has 5 nitrogen and oxygen atoms in total. The van der Waals surface area contributed by atoms with Gasteiger partial charge in [0.15, 0.2) is 0 Å². The molecule has 3 fully saturated rings. The van der Waals surface area contributed by atoms with Crippen LogP contribution in [0.15, 0.2) is 18.2 Å². The molecule has 0 bridgehead atoms. The number of nitrogens with zero attached hydrogens (tertiary/aromatic N) is 2. The number of aryl methyl sites for hydroxylation is 2. The normalized spacial score (nSPS) is 28.8. The molecule has 5 heteroatoms. The summed E-state index contributed by atoms with van der Waals surface area (Å²) in [7, 11) is 0. The fourth-order valence-electron chi connectivity index (χ4n) is 5.03. The van der Waals surface area contributed by atoms with Crippen molar-refractivity contribution < 1.29 is 14.7 Å². The smallest absolute Gasteiger partial charge is 0.313 e. The van der Waals surface area contributed by atoms with Crippen molar-refractivity contribution in [3.05, 3.63) is 34.9 Å². The van der Waals surface area contributed by atoms with E-state index in [1.165, 1.54) is 19.3 Å². The molecule has 3 aliphatic rings. The molecule has 2 aliphatic heterocycles. The highest BCUT2D eigenvalue weighted by Gasteiger charge is 2.58. The van der Waals surface area contributed by atoms with Crippen molar-refractivity contribution in [1.29, 1.82) is 0 Å². The molecule has 1 saturated carbocycles. The number of hydrogen-bond donors (Lipinski definition) is 1. The Bertz CT molecular complexity index is 743. The zero-order valence-corrected chi connectivity index (χ0v) is 15.7. The van der Waals surface area contributed by atoms with Gasteiger partial charge in [0.1, 0.15) is 5.41 Å². The van der Waals surface area contributed by atoms with Gasteiger partial charge in [-0.3, -0.25) is 9.59 Å². The molecule has 1 aromatic rings. The zero-order chi connectivity index (χ0) is 18.5. The van der Waals surface area contributed by atoms with Gasteiger partial charge in [0.05, 0.1) is 0 Å². The Balaban J connectivity index is 1.50. The quantitative estimate of drug-likeness (QED) is 0.901. The topological polar surface area (TPSA) is 60.9 Å². The Morgan fingerprint density at radius 1 is 1.19 bits per heavy atom. The van der Waals surface area contributed by atoms with Crippen LogP contribution >= 0.6 is 0 Å². The lowest BCUT2D eigenvalue weighted by Gasteiger charge is -2.31. The Morgan fingerprint density at radius 3 is 2.54 bits per heavy atom. The van der Waals surface area contributed by atoms with Crippen molar-refractivity contribution in [2.24, 2.45) is 17.3 Å². The van der Waals surface area contributed by atoms with E-state index in [0.29, 0.717) is 25.2 Å². The molecule has 1 N–H and O–H groups in total. The lowest BCUT2D eigenvalue weighted by molar-refractivity contribution is -0.148. The van der Waals surface area contributed by atoms with Gasteiger partial charge < -0.3 is 14.9 Å². The van der Waals surface area contributed by atoms with Crippen molar-refractivity contribution in [1.82, 2.24) is 9.80 Å². The third kappa shape index (κ3) is 2.82. The largest absolute Gasteiger partial charge is 0.481 e. The maximum atomic E-state index is 13.0. The summed E-state index contributed by atoms with van der Waals surface area (Å²) in [4.78, 5) is 29.3. The molecule has 0 spiro atoms. The first-order chi connectivity index (χ1) is 12.4. The van der Waals surface area contributed by atoms with E-state index in [2.05, 4.69) is 4.90 Å². The van der Waals surface area contributed by atoms with E-state index in [1.54, 1.807) is 4.90 Å². The number of fused-ring (bicyclic) bond motifs is 1. The fourth-order valence-corrected chi connectivity index (χ4v) is 5.03. The summed E-state index contributed by atoms with van der Waals surface area (Å²) in [6.45, 7) is 7.26. The number of carbonyl (C=O) groups excluding carboxylic acids is 1. The zero-order valence-electron chi connectivity index (χ0n) is 15.7. The standard InChI is InChI=1S/C21H28N2O3/c1-14-6-7-18(15(2)8-14)19(24)23-11-17-10-22(9-16-4-3-5-16)12-21(17,13-23)20(25)26/h6-8,16-17H,3-5,9-13H2,1-2H3,(H,25,26). The van der Waals surface area contributed by atoms with Crippen molar-refractivity contribution >= 4 is 11.9 Å². The number of rotatable bonds is 4. The predicted octanol–water partition coefficient (Wildman–Crippen LogP) is 2.56. The minimum Gasteiger partial charge on any atom is -0.481 e. The molecule has 140 valence electrons. The van der Waals surface area contributed by atoms with Crippen LogP contribution in [0, 0.1) is 31.1 Å². The SMILES string of the molecule is Cc1ccc(C(=O)N2CC3CN(CC4CCC4)CC3(C(=O)O)C2)c(C)c1. The van der Waals surface area contributed by atoms with Crippen molar-refractivity contribution in [2.45, 2.75) is 33.1 Å². The Kier molecular flexibility index (Phi) is 4.30. The van der Waals surface area contributed by atoms with Gasteiger partial charge in [-0.15, -0.1) is 0 Å². The van der Waals surface area contributed by atoms with E-state index >= 15 is 0 Å². The van der Waals surface area contributed by atoms with Gasteiger partial charge in [0.2, 0.25) is 0 Å². The maximum absolute atomic E-state index is 13.0. The van der Waals surface area contributed by atoms with Gasteiger partial charge >= 0.3 is 5.97 Å². The average Bonchev–Trinajstić information content (AvgIpc) is 3.05. The van der Waals surface area contributed by atoms with Crippen LogP contribution in [-0.2, 0) is 4.79 Å². The van der Waals surface area contributed by atoms with Crippen molar-refractivity contribution in [3.8, 4) is 0 Å². The first kappa shape index (κ1) is 17.5. The van der Waals surface area contributed by atoms with Crippen LogP contribution in [-0.4, -0.2) is 59.5 Å². The lowest BCUT2D eigenvalue weighted by Crippen LogP contribution is -2.43. The molecular formula is C21H28N2O3. The second-order valence-corrected chi connectivity index (χ2v) is 8.65. The highest BCUT2D eigenvalue weighted by molar-refractivity contribution is 5.96. The number of aliphatic carboxylic acids is 1. The molecule has 1 aromatic carbocycles. The van der Waals surface area contributed by atoms with Gasteiger partial charge in [0.25, 0.3) is 5.91 Å². The molecule has 0 radical (unpaired) electrons. The first-order valence-electron chi connectivity index (χ1n) is 9.71. The predicted molar refractivity (Wildman–Crippen MR) is 99.2 cm³/mol. The number of benzene rings is 1. The van der Waals surface area contributed by atoms with E-state index < -0.39 is 11.4 Å². The third-order valence-electron chi connectivity index (χ3n) is 6.75. The minimum absolute atomic E-state index is 0.0249. The van der Waals surface area contributed by atoms with E-state index in [0.717, 1.165) is 30.1 Å². The molecule has 4 rings (SSSR count). The van der Waals surface area contributed by atoms with Crippen LogP contribution in [0.3, 0.4) is 0 Å². The van der Waals surface area contributed by atoms with E-state index in [9.17, 15) is 14.7 Å². The number of carbonyl (C=O) groups is 2. The molecule has 2 saturated heterocycles. The second-order valence-electron chi connectivity index (χ2n) is 8.65. The van der Waals surface area contributed by atoms with Gasteiger partial charge in [-0.05, 0) is 44.2 Å². The maximum Gasteiger partial charge on any atom is 0.313 e. The van der Waals surface area contributed by atoms with Crippen molar-refractivity contribution in [3.63, 3.8) is 0 Å². The summed E-state index contributed by atoms with van der Waals surface area (Å²) in [5, 5.41) is 9.99. The number of carboxylic acid groups (broad SMARTS) is 1. The van der Waals surface area contributed by atoms with Gasteiger partial charge in [-0.25, -0.2) is 0 Å². The Labute approximate surface area is 155 Å². The highest BCUT2D eigenvalue weighted by Crippen LogP contribution is 2.44. The van der Waals surface area contributed by atoms with E-state index in [4.69, 9.17) is 0 Å². The summed E-state index contributed by atoms with van der Waals surface area (Å²) in [6.07, 6.45) is 3.86. The van der Waals surface area contributed by atoms with Crippen LogP contribution < -0.4 is 0 Å². The summed E-state index contributed by atoms with van der Waals surface area (Å²) in [5.41, 5.74) is 1.99. The number of hydrogen-bond acceptors (Lipinski definition) is 3. The average molecular weight is 356 g/mol. The molecule has 0 aromatic heterocycles. The highest BCUT2D eigenvalue weighted by atomic mass is 16.4. The van der Waals surface area contributed by atoms with Crippen molar-refractivity contribution in [2.75, 3.05) is 32.7 Å². The molecule has 2 heterocycles. The molecule has 1 aliphatic carbocycles. The minimum atomic E-state index is -0.794. The van der Waals surface area contributed by atoms with E-state index in [-0.39, 0.29) is 11.8 Å². The monoisotopic (exact) mass is 356 g/mol. The summed E-state index contributed by atoms with van der Waals surface area (Å²) in [6, 6.07) is 5.83. The molecule has 2 unspecified atom stereocenters. The summed E-state index contributed by atoms with van der Waals surface area (Å²) >= 11 is 0. The van der Waals surface area contributed by atoms with Crippen LogP contribution in [0.1, 0.15) is 40.7 Å². The first-order valence-corrected chi connectivity index (χ1v) is 9.71. The van der Waals surface area contributed by atoms with E-state index in [1.807, 2.05) is 32.0 Å². The summed E-state index contributed by atoms with van der Waals surface area (Å²) in [5.74, 6) is 0.0139. The molecular weight excluding hydrogens is 328 g/mol. The van der Waals surface area contributed by atoms with Gasteiger partial charge in [0, 0.05) is 44.2 Å². The van der Waals surface area contributed by atoms with Gasteiger partial charge in [-0.1, -0.05) is 24.1 Å². The molecule has 2 atom stereocenters. The number of amides is 1. The Morgan fingerprint density at radius 2 is 1.96 bits per heavy atom. The molecule has 1 amide bonds. The Hall–Kier alpha value is -1.88. The number of carboxylic acids is 1. The van der Waals surface area contributed by atoms with Crippen LogP contribution in [0.25, 0.3) is 0 Å². The second kappa shape index (κ2) is 6.38. The number of likely N-dealkylation sites (tertiary alicyclic amines) is 2. The van der Waals surface area contributed by atoms with Crippen LogP contribution in [0.5, 0.6) is 0 Å². The van der Waals surface area contributed by atoms with Gasteiger partial charge in [-0.2, -0.15) is 0 Å². The fraction of sp³-hybridized carbons (Fsp3) is 0.619. The van der Waals surface area contributed by atoms with Crippen LogP contribution in [0.2, 0.25) is 0 Å². The molecule has 26 heavy (non-hydrogen) atoms. The van der Waals surface area contributed by atoms with Crippen LogP contribution in [0.4, 0.5) is 0 Å². The lowest BCUT2D eigenvalue weighted by atomic mass is 9.81. The summed E-state index contributed by atoms with van der Waals surface area (Å²) < 4.78 is 0. The third-order valence-corrected chi connectivity index (χ3v) is 6.75.